The summed E-state index contributed by atoms with van der Waals surface area (Å²) in [7, 11) is 0. The normalized spacial score (nSPS) is 28.2. The lowest BCUT2D eigenvalue weighted by molar-refractivity contribution is -0.163. The zero-order valence-electron chi connectivity index (χ0n) is 12.5. The number of imidazole rings is 1. The molecule has 0 bridgehead atoms. The third-order valence-electron chi connectivity index (χ3n) is 4.78. The molecule has 0 aromatic carbocycles. The maximum Gasteiger partial charge on any atom is 0.353 e. The van der Waals surface area contributed by atoms with Crippen molar-refractivity contribution >= 4 is 33.6 Å². The molecule has 0 unspecified atom stereocenters. The number of hydrogen-bond donors (Lipinski definition) is 2. The molecule has 8 heteroatoms. The highest BCUT2D eigenvalue weighted by atomic mass is 32.1. The van der Waals surface area contributed by atoms with Gasteiger partial charge in [-0.25, -0.2) is 9.78 Å². The Balaban J connectivity index is 1.90. The molecule has 1 amide bonds. The Morgan fingerprint density at radius 2 is 2.22 bits per heavy atom. The molecule has 120 valence electrons. The largest absolute Gasteiger partial charge is 0.477 e. The van der Waals surface area contributed by atoms with Crippen LogP contribution in [-0.2, 0) is 9.59 Å². The highest BCUT2D eigenvalue weighted by molar-refractivity contribution is 7.15. The molecular weight excluding hydrogens is 318 g/mol. The van der Waals surface area contributed by atoms with Crippen molar-refractivity contribution in [1.82, 2.24) is 14.3 Å². The summed E-state index contributed by atoms with van der Waals surface area (Å²) in [5.74, 6) is -2.21. The minimum absolute atomic E-state index is 0.00148. The number of β-lactam (4-membered cyclic amide) rings is 1. The predicted octanol–water partition coefficient (Wildman–Crippen LogP) is 1.05. The molecule has 1 saturated heterocycles. The Labute approximate surface area is 135 Å². The maximum atomic E-state index is 12.3. The molecule has 2 aliphatic heterocycles. The topological polar surface area (TPSA) is 95.1 Å². The minimum atomic E-state index is -1.13. The van der Waals surface area contributed by atoms with Crippen molar-refractivity contribution < 1.29 is 19.8 Å². The summed E-state index contributed by atoms with van der Waals surface area (Å²) in [5, 5.41) is 21.4. The molecule has 2 aliphatic rings. The van der Waals surface area contributed by atoms with E-state index in [-0.39, 0.29) is 23.6 Å². The monoisotopic (exact) mass is 333 g/mol. The van der Waals surface area contributed by atoms with E-state index < -0.39 is 18.0 Å². The van der Waals surface area contributed by atoms with Crippen LogP contribution in [0.4, 0.5) is 0 Å². The molecule has 0 spiro atoms. The van der Waals surface area contributed by atoms with Gasteiger partial charge in [0.25, 0.3) is 0 Å². The average molecular weight is 333 g/mol. The van der Waals surface area contributed by atoms with Crippen molar-refractivity contribution in [3.05, 3.63) is 29.3 Å². The second kappa shape index (κ2) is 4.65. The molecule has 4 rings (SSSR count). The molecule has 4 heterocycles. The average Bonchev–Trinajstić information content (AvgIpc) is 3.11. The summed E-state index contributed by atoms with van der Waals surface area (Å²) in [6.45, 7) is 3.46. The fraction of sp³-hybridized carbons (Fsp3) is 0.400. The smallest absolute Gasteiger partial charge is 0.353 e. The summed E-state index contributed by atoms with van der Waals surface area (Å²) in [6.07, 6.45) is 2.70. The number of thiazole rings is 1. The summed E-state index contributed by atoms with van der Waals surface area (Å²) >= 11 is 1.47. The lowest BCUT2D eigenvalue weighted by atomic mass is 9.77. The number of aliphatic hydroxyl groups excluding tert-OH is 1. The molecule has 4 atom stereocenters. The number of carboxylic acid groups (broad SMARTS) is 1. The fourth-order valence-electron chi connectivity index (χ4n) is 3.80. The Bertz CT molecular complexity index is 865. The Morgan fingerprint density at radius 1 is 1.48 bits per heavy atom. The van der Waals surface area contributed by atoms with E-state index in [0.717, 1.165) is 4.83 Å². The first kappa shape index (κ1) is 14.4. The van der Waals surface area contributed by atoms with Crippen LogP contribution in [0.15, 0.2) is 23.6 Å². The second-order valence-corrected chi connectivity index (χ2v) is 6.92. The summed E-state index contributed by atoms with van der Waals surface area (Å²) in [5.41, 5.74) is 1.18. The van der Waals surface area contributed by atoms with Gasteiger partial charge in [0, 0.05) is 23.1 Å². The van der Waals surface area contributed by atoms with Crippen LogP contribution < -0.4 is 0 Å². The van der Waals surface area contributed by atoms with E-state index in [1.165, 1.54) is 16.2 Å². The number of aliphatic carboxylic acids is 1. The number of carbonyl (C=O) groups excluding carboxylic acids is 1. The van der Waals surface area contributed by atoms with E-state index in [4.69, 9.17) is 0 Å². The van der Waals surface area contributed by atoms with Crippen LogP contribution in [0.1, 0.15) is 19.5 Å². The molecule has 1 fully saturated rings. The van der Waals surface area contributed by atoms with Gasteiger partial charge < -0.3 is 15.1 Å². The van der Waals surface area contributed by atoms with E-state index >= 15 is 0 Å². The second-order valence-electron chi connectivity index (χ2n) is 6.03. The van der Waals surface area contributed by atoms with Crippen molar-refractivity contribution in [2.24, 2.45) is 11.8 Å². The molecule has 7 nitrogen and oxygen atoms in total. The van der Waals surface area contributed by atoms with E-state index in [1.807, 2.05) is 22.9 Å². The first-order valence-electron chi connectivity index (χ1n) is 7.32. The maximum absolute atomic E-state index is 12.3. The van der Waals surface area contributed by atoms with Crippen LogP contribution in [0.2, 0.25) is 0 Å². The predicted molar refractivity (Wildman–Crippen MR) is 82.6 cm³/mol. The zero-order chi connectivity index (χ0) is 16.5. The highest BCUT2D eigenvalue weighted by Crippen LogP contribution is 2.50. The van der Waals surface area contributed by atoms with Crippen LogP contribution in [0, 0.1) is 11.8 Å². The first-order chi connectivity index (χ1) is 10.9. The van der Waals surface area contributed by atoms with Crippen LogP contribution in [-0.4, -0.2) is 48.5 Å². The van der Waals surface area contributed by atoms with E-state index in [2.05, 4.69) is 4.98 Å². The van der Waals surface area contributed by atoms with E-state index in [9.17, 15) is 19.8 Å². The van der Waals surface area contributed by atoms with Gasteiger partial charge in [-0.05, 0) is 6.92 Å². The molecule has 2 aromatic rings. The van der Waals surface area contributed by atoms with Crippen molar-refractivity contribution in [2.45, 2.75) is 26.0 Å². The zero-order valence-corrected chi connectivity index (χ0v) is 13.3. The molecule has 0 saturated carbocycles. The SMILES string of the molecule is C[C@@H](O)[C@H]1C(=O)N2C(C(=O)O)=C(c3ncn4ccsc34)[C@H](C)[C@H]12. The van der Waals surface area contributed by atoms with E-state index in [0.29, 0.717) is 11.3 Å². The van der Waals surface area contributed by atoms with Gasteiger partial charge in [0.15, 0.2) is 0 Å². The number of rotatable bonds is 3. The molecule has 0 aliphatic carbocycles. The number of carboxylic acids is 1. The van der Waals surface area contributed by atoms with Crippen LogP contribution >= 0.6 is 11.3 Å². The number of fused-ring (bicyclic) bond motifs is 2. The Kier molecular flexibility index (Phi) is 2.91. The number of nitrogens with zero attached hydrogens (tertiary/aromatic N) is 3. The van der Waals surface area contributed by atoms with Gasteiger partial charge in [-0.1, -0.05) is 6.92 Å². The summed E-state index contributed by atoms with van der Waals surface area (Å²) in [6, 6.07) is -0.319. The van der Waals surface area contributed by atoms with Gasteiger partial charge >= 0.3 is 5.97 Å². The first-order valence-corrected chi connectivity index (χ1v) is 8.20. The molecule has 23 heavy (non-hydrogen) atoms. The molecule has 2 aromatic heterocycles. The van der Waals surface area contributed by atoms with Crippen LogP contribution in [0.3, 0.4) is 0 Å². The van der Waals surface area contributed by atoms with Gasteiger partial charge in [0.2, 0.25) is 5.91 Å². The molecular formula is C15H15N3O4S. The fourth-order valence-corrected chi connectivity index (χ4v) is 4.62. The van der Waals surface area contributed by atoms with Gasteiger partial charge in [0.05, 0.1) is 18.1 Å². The molecule has 0 radical (unpaired) electrons. The van der Waals surface area contributed by atoms with E-state index in [1.54, 1.807) is 13.3 Å². The van der Waals surface area contributed by atoms with Gasteiger partial charge in [-0.2, -0.15) is 0 Å². The van der Waals surface area contributed by atoms with Crippen molar-refractivity contribution in [1.29, 1.82) is 0 Å². The van der Waals surface area contributed by atoms with Crippen LogP contribution in [0.25, 0.3) is 10.4 Å². The minimum Gasteiger partial charge on any atom is -0.477 e. The number of aliphatic hydroxyl groups is 1. The third-order valence-corrected chi connectivity index (χ3v) is 5.66. The van der Waals surface area contributed by atoms with Crippen molar-refractivity contribution in [2.75, 3.05) is 0 Å². The molecule has 2 N–H and O–H groups in total. The van der Waals surface area contributed by atoms with Crippen molar-refractivity contribution in [3.63, 3.8) is 0 Å². The summed E-state index contributed by atoms with van der Waals surface area (Å²) in [4.78, 5) is 30.7. The number of aromatic nitrogens is 2. The van der Waals surface area contributed by atoms with Gasteiger partial charge in [-0.15, -0.1) is 11.3 Å². The van der Waals surface area contributed by atoms with Gasteiger partial charge in [-0.3, -0.25) is 9.20 Å². The quantitative estimate of drug-likeness (QED) is 0.819. The highest BCUT2D eigenvalue weighted by Gasteiger charge is 2.60. The lowest BCUT2D eigenvalue weighted by Gasteiger charge is -2.46. The Hall–Kier alpha value is -2.19. The van der Waals surface area contributed by atoms with Crippen molar-refractivity contribution in [3.8, 4) is 0 Å². The summed E-state index contributed by atoms with van der Waals surface area (Å²) < 4.78 is 1.84. The standard InChI is InChI=1S/C15H15N3O4S/c1-6-8(10-14-17(5-16-10)3-4-23-14)12(15(21)22)18-11(6)9(7(2)19)13(18)20/h3-7,9,11,19H,1-2H3,(H,21,22)/t6-,7+,9+,11+/m0/s1. The van der Waals surface area contributed by atoms with Crippen LogP contribution in [0.5, 0.6) is 0 Å². The lowest BCUT2D eigenvalue weighted by Crippen LogP contribution is -2.63. The third kappa shape index (κ3) is 1.70. The van der Waals surface area contributed by atoms with Gasteiger partial charge in [0.1, 0.15) is 22.5 Å². The number of amides is 1. The number of hydrogen-bond acceptors (Lipinski definition) is 5. The number of carbonyl (C=O) groups is 2. The Morgan fingerprint density at radius 3 is 2.87 bits per heavy atom.